The van der Waals surface area contributed by atoms with Crippen molar-refractivity contribution in [3.05, 3.63) is 12.7 Å². The van der Waals surface area contributed by atoms with Crippen LogP contribution in [0.4, 0.5) is 0 Å². The molecule has 0 unspecified atom stereocenters. The molecule has 0 aliphatic rings. The normalized spacial score (nSPS) is 9.17. The van der Waals surface area contributed by atoms with Crippen LogP contribution in [-0.4, -0.2) is 6.04 Å². The summed E-state index contributed by atoms with van der Waals surface area (Å²) >= 11 is 6.76. The molecule has 0 rings (SSSR count). The van der Waals surface area contributed by atoms with Crippen LogP contribution < -0.4 is 0 Å². The molecule has 0 aliphatic heterocycles. The van der Waals surface area contributed by atoms with Crippen LogP contribution in [0.1, 0.15) is 0 Å². The summed E-state index contributed by atoms with van der Waals surface area (Å²) in [5.41, 5.74) is 0. The summed E-state index contributed by atoms with van der Waals surface area (Å²) in [5, 5.41) is 0. The number of hydrogen-bond donors (Lipinski definition) is 0. The van der Waals surface area contributed by atoms with E-state index in [9.17, 15) is 0 Å². The fraction of sp³-hybridized carbons (Fsp3) is 0.333. The van der Waals surface area contributed by atoms with Gasteiger partial charge < -0.3 is 0 Å². The molecule has 0 aromatic carbocycles. The molecular weight excluding hydrogens is 224 g/mol. The summed E-state index contributed by atoms with van der Waals surface area (Å²) in [7, 11) is 0. The van der Waals surface area contributed by atoms with Gasteiger partial charge >= 0.3 is 0 Å². The summed E-state index contributed by atoms with van der Waals surface area (Å²) in [6.07, 6.45) is 1.90. The minimum absolute atomic E-state index is 0.379. The Morgan fingerprint density at radius 1 is 1.67 bits per heavy atom. The predicted molar refractivity (Wildman–Crippen MR) is 38.6 cm³/mol. The molecule has 0 N–H and O–H groups in total. The summed E-state index contributed by atoms with van der Waals surface area (Å²) < 4.78 is 0. The van der Waals surface area contributed by atoms with Gasteiger partial charge in [-0.3, -0.25) is 0 Å². The molecule has 0 aromatic rings. The van der Waals surface area contributed by atoms with Crippen LogP contribution in [0, 0.1) is 0 Å². The fourth-order valence-corrected chi connectivity index (χ4v) is 1.70. The van der Waals surface area contributed by atoms with Crippen molar-refractivity contribution < 1.29 is 0 Å². The SMILES string of the molecule is C=CC[Si](Br)Br. The average molecular weight is 229 g/mol. The maximum absolute atomic E-state index is 3.57. The van der Waals surface area contributed by atoms with Gasteiger partial charge in [0.05, 0.1) is 0 Å². The molecule has 1 radical (unpaired) electrons. The van der Waals surface area contributed by atoms with Crippen molar-refractivity contribution in [2.24, 2.45) is 0 Å². The number of allylic oxidation sites excluding steroid dienone is 1. The van der Waals surface area contributed by atoms with Crippen molar-refractivity contribution in [2.75, 3.05) is 0 Å². The lowest BCUT2D eigenvalue weighted by Crippen LogP contribution is -1.82. The molecule has 0 nitrogen and oxygen atoms in total. The van der Waals surface area contributed by atoms with E-state index in [1.807, 2.05) is 6.08 Å². The zero-order valence-corrected chi connectivity index (χ0v) is 7.42. The van der Waals surface area contributed by atoms with Crippen molar-refractivity contribution in [1.29, 1.82) is 0 Å². The average Bonchev–Trinajstić information content (AvgIpc) is 1.35. The maximum Gasteiger partial charge on any atom is 0.219 e. The second-order valence-corrected chi connectivity index (χ2v) is 10.9. The number of hydrogen-bond acceptors (Lipinski definition) is 0. The smallest absolute Gasteiger partial charge is 0.112 e. The van der Waals surface area contributed by atoms with Gasteiger partial charge in [0.15, 0.2) is 0 Å². The maximum atomic E-state index is 3.57. The molecule has 3 heteroatoms. The van der Waals surface area contributed by atoms with Gasteiger partial charge in [-0.15, -0.1) is 37.2 Å². The lowest BCUT2D eigenvalue weighted by Gasteiger charge is -1.83. The molecule has 0 heterocycles. The van der Waals surface area contributed by atoms with Crippen LogP contribution in [0.3, 0.4) is 0 Å². The molecule has 0 aliphatic carbocycles. The van der Waals surface area contributed by atoms with Gasteiger partial charge in [0.2, 0.25) is 6.04 Å². The Morgan fingerprint density at radius 3 is 2.17 bits per heavy atom. The highest BCUT2D eigenvalue weighted by Gasteiger charge is 1.93. The van der Waals surface area contributed by atoms with Crippen LogP contribution >= 0.6 is 30.6 Å². The second kappa shape index (κ2) is 4.09. The van der Waals surface area contributed by atoms with E-state index in [4.69, 9.17) is 0 Å². The largest absolute Gasteiger partial charge is 0.219 e. The van der Waals surface area contributed by atoms with Crippen LogP contribution in [0.5, 0.6) is 0 Å². The summed E-state index contributed by atoms with van der Waals surface area (Å²) in [6, 6.07) is 0.695. The Kier molecular flexibility index (Phi) is 4.71. The topological polar surface area (TPSA) is 0 Å². The summed E-state index contributed by atoms with van der Waals surface area (Å²) in [5.74, 6) is 0. The van der Waals surface area contributed by atoms with Gasteiger partial charge in [0, 0.05) is 0 Å². The standard InChI is InChI=1S/C3H5Br2Si/c1-2-3-6(4)5/h2H,1,3H2. The van der Waals surface area contributed by atoms with E-state index >= 15 is 0 Å². The van der Waals surface area contributed by atoms with Crippen molar-refractivity contribution >= 4 is 36.6 Å². The van der Waals surface area contributed by atoms with E-state index in [2.05, 4.69) is 37.2 Å². The zero-order chi connectivity index (χ0) is 4.99. The molecule has 6 heavy (non-hydrogen) atoms. The highest BCUT2D eigenvalue weighted by atomic mass is 79.9. The van der Waals surface area contributed by atoms with Crippen LogP contribution in [0.15, 0.2) is 12.7 Å². The van der Waals surface area contributed by atoms with Crippen LogP contribution in [0.25, 0.3) is 0 Å². The second-order valence-electron chi connectivity index (χ2n) is 0.831. The van der Waals surface area contributed by atoms with Crippen molar-refractivity contribution in [2.45, 2.75) is 6.04 Å². The van der Waals surface area contributed by atoms with E-state index in [1.165, 1.54) is 0 Å². The molecule has 0 saturated heterocycles. The first-order chi connectivity index (χ1) is 2.77. The third kappa shape index (κ3) is 4.92. The third-order valence-electron chi connectivity index (χ3n) is 0.299. The lowest BCUT2D eigenvalue weighted by molar-refractivity contribution is 1.75. The van der Waals surface area contributed by atoms with Gasteiger partial charge in [0.1, 0.15) is 0 Å². The Hall–Kier alpha value is 0.917. The molecule has 0 fully saturated rings. The summed E-state index contributed by atoms with van der Waals surface area (Å²) in [6.45, 7) is 3.57. The van der Waals surface area contributed by atoms with Crippen molar-refractivity contribution in [1.82, 2.24) is 0 Å². The molecule has 0 amide bonds. The predicted octanol–water partition coefficient (Wildman–Crippen LogP) is 2.45. The molecule has 0 bridgehead atoms. The quantitative estimate of drug-likeness (QED) is 0.387. The minimum Gasteiger partial charge on any atom is -0.112 e. The molecule has 0 spiro atoms. The Morgan fingerprint density at radius 2 is 2.17 bits per heavy atom. The fourth-order valence-electron chi connectivity index (χ4n) is 0.109. The Bertz CT molecular complexity index is 44.1. The van der Waals surface area contributed by atoms with E-state index in [0.717, 1.165) is 6.04 Å². The highest BCUT2D eigenvalue weighted by molar-refractivity contribution is 9.49. The lowest BCUT2D eigenvalue weighted by atomic mass is 10.8. The van der Waals surface area contributed by atoms with Crippen molar-refractivity contribution in [3.63, 3.8) is 0 Å². The molecule has 0 aromatic heterocycles. The molecule has 0 atom stereocenters. The number of halogens is 2. The molecular formula is C3H5Br2Si. The van der Waals surface area contributed by atoms with E-state index in [1.54, 1.807) is 0 Å². The zero-order valence-electron chi connectivity index (χ0n) is 3.25. The van der Waals surface area contributed by atoms with Gasteiger partial charge in [-0.1, -0.05) is 6.08 Å². The van der Waals surface area contributed by atoms with E-state index in [-0.39, 0.29) is 6.04 Å². The number of rotatable bonds is 2. The first-order valence-corrected chi connectivity index (χ1v) is 7.77. The monoisotopic (exact) mass is 227 g/mol. The van der Waals surface area contributed by atoms with Gasteiger partial charge in [-0.25, -0.2) is 0 Å². The first kappa shape index (κ1) is 6.92. The first-order valence-electron chi connectivity index (χ1n) is 1.55. The molecule has 0 saturated carbocycles. The van der Waals surface area contributed by atoms with Gasteiger partial charge in [-0.2, -0.15) is 0 Å². The highest BCUT2D eigenvalue weighted by Crippen LogP contribution is 2.07. The summed E-state index contributed by atoms with van der Waals surface area (Å²) in [4.78, 5) is 0. The third-order valence-corrected chi connectivity index (χ3v) is 2.84. The van der Waals surface area contributed by atoms with Crippen LogP contribution in [-0.2, 0) is 0 Å². The minimum atomic E-state index is -0.379. The van der Waals surface area contributed by atoms with Crippen molar-refractivity contribution in [3.8, 4) is 0 Å². The van der Waals surface area contributed by atoms with E-state index in [0.29, 0.717) is 0 Å². The van der Waals surface area contributed by atoms with Gasteiger partial charge in [-0.05, 0) is 6.04 Å². The van der Waals surface area contributed by atoms with Gasteiger partial charge in [0.25, 0.3) is 0 Å². The van der Waals surface area contributed by atoms with E-state index < -0.39 is 0 Å². The van der Waals surface area contributed by atoms with Crippen LogP contribution in [0.2, 0.25) is 6.04 Å². The Labute approximate surface area is 55.4 Å². The Balaban J connectivity index is 2.81. The molecule has 35 valence electrons.